The van der Waals surface area contributed by atoms with E-state index in [1.54, 1.807) is 0 Å². The van der Waals surface area contributed by atoms with Gasteiger partial charge in [-0.2, -0.15) is 0 Å². The topological polar surface area (TPSA) is 15.3 Å². The zero-order valence-electron chi connectivity index (χ0n) is 10.7. The number of alkyl halides is 2. The number of nitrogens with zero attached hydrogens (tertiary/aromatic N) is 1. The van der Waals surface area contributed by atoms with Gasteiger partial charge in [0.05, 0.1) is 0 Å². The Morgan fingerprint density at radius 3 is 2.76 bits per heavy atom. The molecule has 2 rings (SSSR count). The Kier molecular flexibility index (Phi) is 4.36. The summed E-state index contributed by atoms with van der Waals surface area (Å²) in [6, 6.07) is 0. The average Bonchev–Trinajstić information content (AvgIpc) is 2.30. The fourth-order valence-corrected chi connectivity index (χ4v) is 3.16. The first kappa shape index (κ1) is 13.2. The Labute approximate surface area is 103 Å². The van der Waals surface area contributed by atoms with E-state index in [1.165, 1.54) is 0 Å². The van der Waals surface area contributed by atoms with Gasteiger partial charge in [-0.15, -0.1) is 0 Å². The molecule has 0 spiro atoms. The molecule has 2 aliphatic rings. The van der Waals surface area contributed by atoms with Crippen molar-refractivity contribution in [2.45, 2.75) is 38.0 Å². The molecule has 2 aliphatic heterocycles. The van der Waals surface area contributed by atoms with Crippen LogP contribution in [0.2, 0.25) is 0 Å². The normalized spacial score (nSPS) is 32.6. The molecule has 17 heavy (non-hydrogen) atoms. The summed E-state index contributed by atoms with van der Waals surface area (Å²) in [5.41, 5.74) is 0. The van der Waals surface area contributed by atoms with Crippen LogP contribution in [0.15, 0.2) is 0 Å². The minimum absolute atomic E-state index is 0.0819. The number of rotatable bonds is 3. The van der Waals surface area contributed by atoms with Gasteiger partial charge in [0.1, 0.15) is 0 Å². The summed E-state index contributed by atoms with van der Waals surface area (Å²) in [7, 11) is 1.95. The SMILES string of the molecule is CN1CCCC(C(F)(F)CC2CCCNC2)C1. The van der Waals surface area contributed by atoms with Crippen LogP contribution >= 0.6 is 0 Å². The molecule has 0 radical (unpaired) electrons. The Morgan fingerprint density at radius 1 is 1.29 bits per heavy atom. The average molecular weight is 246 g/mol. The van der Waals surface area contributed by atoms with Crippen LogP contribution in [0, 0.1) is 11.8 Å². The molecule has 2 heterocycles. The Balaban J connectivity index is 1.87. The highest BCUT2D eigenvalue weighted by atomic mass is 19.3. The molecular weight excluding hydrogens is 222 g/mol. The van der Waals surface area contributed by atoms with Crippen LogP contribution in [-0.2, 0) is 0 Å². The second-order valence-electron chi connectivity index (χ2n) is 5.78. The van der Waals surface area contributed by atoms with Gasteiger partial charge in [0.2, 0.25) is 0 Å². The van der Waals surface area contributed by atoms with Gasteiger partial charge in [-0.3, -0.25) is 0 Å². The van der Waals surface area contributed by atoms with Gasteiger partial charge in [-0.1, -0.05) is 0 Å². The van der Waals surface area contributed by atoms with E-state index in [0.29, 0.717) is 13.0 Å². The quantitative estimate of drug-likeness (QED) is 0.822. The lowest BCUT2D eigenvalue weighted by molar-refractivity contribution is -0.0973. The highest BCUT2D eigenvalue weighted by Crippen LogP contribution is 2.37. The van der Waals surface area contributed by atoms with Crippen molar-refractivity contribution in [2.75, 3.05) is 33.2 Å². The van der Waals surface area contributed by atoms with Gasteiger partial charge in [0, 0.05) is 18.9 Å². The third-order valence-electron chi connectivity index (χ3n) is 4.18. The molecule has 4 heteroatoms. The van der Waals surface area contributed by atoms with Gasteiger partial charge < -0.3 is 10.2 Å². The van der Waals surface area contributed by atoms with Gasteiger partial charge >= 0.3 is 0 Å². The summed E-state index contributed by atoms with van der Waals surface area (Å²) in [4.78, 5) is 2.04. The standard InChI is InChI=1S/C13H24F2N2/c1-17-7-3-5-12(10-17)13(14,15)8-11-4-2-6-16-9-11/h11-12,16H,2-10H2,1H3. The molecule has 2 fully saturated rings. The molecule has 0 aromatic heterocycles. The lowest BCUT2D eigenvalue weighted by Gasteiger charge is -2.37. The largest absolute Gasteiger partial charge is 0.316 e. The molecule has 0 aliphatic carbocycles. The fraction of sp³-hybridized carbons (Fsp3) is 1.00. The highest BCUT2D eigenvalue weighted by molar-refractivity contribution is 4.86. The number of nitrogens with one attached hydrogen (secondary N) is 1. The maximum Gasteiger partial charge on any atom is 0.252 e. The Morgan fingerprint density at radius 2 is 2.12 bits per heavy atom. The van der Waals surface area contributed by atoms with Crippen molar-refractivity contribution >= 4 is 0 Å². The van der Waals surface area contributed by atoms with E-state index in [2.05, 4.69) is 5.32 Å². The molecule has 2 saturated heterocycles. The zero-order valence-corrected chi connectivity index (χ0v) is 10.7. The van der Waals surface area contributed by atoms with Crippen molar-refractivity contribution < 1.29 is 8.78 Å². The van der Waals surface area contributed by atoms with Crippen LogP contribution in [0.1, 0.15) is 32.1 Å². The molecular formula is C13H24F2N2. The van der Waals surface area contributed by atoms with Crippen LogP contribution in [0.5, 0.6) is 0 Å². The van der Waals surface area contributed by atoms with Gasteiger partial charge in [0.15, 0.2) is 0 Å². The summed E-state index contributed by atoms with van der Waals surface area (Å²) >= 11 is 0. The van der Waals surface area contributed by atoms with Crippen LogP contribution in [0.4, 0.5) is 8.78 Å². The minimum Gasteiger partial charge on any atom is -0.316 e. The predicted octanol–water partition coefficient (Wildman–Crippen LogP) is 2.35. The Hall–Kier alpha value is -0.220. The fourth-order valence-electron chi connectivity index (χ4n) is 3.16. The molecule has 0 amide bonds. The van der Waals surface area contributed by atoms with E-state index in [-0.39, 0.29) is 12.3 Å². The van der Waals surface area contributed by atoms with Crippen molar-refractivity contribution in [1.82, 2.24) is 10.2 Å². The molecule has 2 nitrogen and oxygen atoms in total. The predicted molar refractivity (Wildman–Crippen MR) is 65.4 cm³/mol. The second-order valence-corrected chi connectivity index (χ2v) is 5.78. The summed E-state index contributed by atoms with van der Waals surface area (Å²) < 4.78 is 28.4. The van der Waals surface area contributed by atoms with Gasteiger partial charge in [-0.25, -0.2) is 8.78 Å². The first-order chi connectivity index (χ1) is 8.08. The molecule has 2 unspecified atom stereocenters. The molecule has 0 saturated carbocycles. The van der Waals surface area contributed by atoms with E-state index in [4.69, 9.17) is 0 Å². The van der Waals surface area contributed by atoms with Crippen molar-refractivity contribution in [1.29, 1.82) is 0 Å². The number of hydrogen-bond donors (Lipinski definition) is 1. The summed E-state index contributed by atoms with van der Waals surface area (Å²) in [5, 5.41) is 3.23. The van der Waals surface area contributed by atoms with E-state index < -0.39 is 11.8 Å². The lowest BCUT2D eigenvalue weighted by atomic mass is 9.84. The number of piperidine rings is 2. The maximum absolute atomic E-state index is 14.2. The molecule has 2 atom stereocenters. The smallest absolute Gasteiger partial charge is 0.252 e. The first-order valence-electron chi connectivity index (χ1n) is 6.85. The molecule has 0 aromatic rings. The van der Waals surface area contributed by atoms with Crippen LogP contribution < -0.4 is 5.32 Å². The highest BCUT2D eigenvalue weighted by Gasteiger charge is 2.42. The van der Waals surface area contributed by atoms with Crippen molar-refractivity contribution in [3.63, 3.8) is 0 Å². The van der Waals surface area contributed by atoms with Crippen molar-refractivity contribution in [2.24, 2.45) is 11.8 Å². The molecule has 0 bridgehead atoms. The summed E-state index contributed by atoms with van der Waals surface area (Å²) in [6.07, 6.45) is 3.70. The number of hydrogen-bond acceptors (Lipinski definition) is 2. The number of halogens is 2. The zero-order chi connectivity index (χ0) is 12.3. The third-order valence-corrected chi connectivity index (χ3v) is 4.18. The molecule has 0 aromatic carbocycles. The molecule has 100 valence electrons. The third kappa shape index (κ3) is 3.62. The van der Waals surface area contributed by atoms with Crippen LogP contribution in [0.25, 0.3) is 0 Å². The van der Waals surface area contributed by atoms with Crippen LogP contribution in [0.3, 0.4) is 0 Å². The van der Waals surface area contributed by atoms with Crippen molar-refractivity contribution in [3.05, 3.63) is 0 Å². The summed E-state index contributed by atoms with van der Waals surface area (Å²) in [5.74, 6) is -2.73. The van der Waals surface area contributed by atoms with E-state index in [1.807, 2.05) is 11.9 Å². The van der Waals surface area contributed by atoms with Crippen molar-refractivity contribution in [3.8, 4) is 0 Å². The lowest BCUT2D eigenvalue weighted by Crippen LogP contribution is -2.44. The molecule has 1 N–H and O–H groups in total. The first-order valence-corrected chi connectivity index (χ1v) is 6.85. The second kappa shape index (κ2) is 5.61. The maximum atomic E-state index is 14.2. The van der Waals surface area contributed by atoms with Gasteiger partial charge in [-0.05, 0) is 58.3 Å². The minimum atomic E-state index is -2.47. The van der Waals surface area contributed by atoms with E-state index in [9.17, 15) is 8.78 Å². The number of likely N-dealkylation sites (tertiary alicyclic amines) is 1. The summed E-state index contributed by atoms with van der Waals surface area (Å²) in [6.45, 7) is 3.30. The van der Waals surface area contributed by atoms with Gasteiger partial charge in [0.25, 0.3) is 5.92 Å². The Bertz CT molecular complexity index is 240. The van der Waals surface area contributed by atoms with E-state index in [0.717, 1.165) is 38.9 Å². The van der Waals surface area contributed by atoms with E-state index >= 15 is 0 Å². The van der Waals surface area contributed by atoms with Crippen LogP contribution in [-0.4, -0.2) is 44.0 Å². The monoisotopic (exact) mass is 246 g/mol.